The minimum absolute atomic E-state index is 0.0669. The second-order valence-electron chi connectivity index (χ2n) is 6.95. The van der Waals surface area contributed by atoms with Gasteiger partial charge in [-0.2, -0.15) is 0 Å². The highest BCUT2D eigenvalue weighted by atomic mass is 16.5. The van der Waals surface area contributed by atoms with Gasteiger partial charge in [-0.1, -0.05) is 12.1 Å². The third kappa shape index (κ3) is 4.57. The smallest absolute Gasteiger partial charge is 0.349 e. The first-order chi connectivity index (χ1) is 13.0. The summed E-state index contributed by atoms with van der Waals surface area (Å²) in [5.41, 5.74) is 1.18. The second kappa shape index (κ2) is 8.39. The number of aryl methyl sites for hydroxylation is 3. The van der Waals surface area contributed by atoms with Gasteiger partial charge in [0.15, 0.2) is 0 Å². The lowest BCUT2D eigenvalue weighted by atomic mass is 10.0. The van der Waals surface area contributed by atoms with E-state index >= 15 is 0 Å². The molecule has 2 heterocycles. The number of ether oxygens (including phenoxy) is 1. The van der Waals surface area contributed by atoms with Crippen LogP contribution >= 0.6 is 0 Å². The number of hydrogen-bond donors (Lipinski definition) is 1. The molecule has 0 saturated carbocycles. The van der Waals surface area contributed by atoms with Crippen LogP contribution in [0.5, 0.6) is 5.75 Å². The highest BCUT2D eigenvalue weighted by molar-refractivity contribution is 5.95. The largest absolute Gasteiger partial charge is 0.497 e. The molecule has 1 aromatic carbocycles. The fourth-order valence-electron chi connectivity index (χ4n) is 3.41. The molecule has 1 aromatic heterocycles. The summed E-state index contributed by atoms with van der Waals surface area (Å²) in [4.78, 5) is 26.6. The fraction of sp³-hybridized carbons (Fsp3) is 0.429. The van der Waals surface area contributed by atoms with Crippen LogP contribution in [0.4, 0.5) is 0 Å². The molecule has 1 saturated heterocycles. The summed E-state index contributed by atoms with van der Waals surface area (Å²) >= 11 is 0. The van der Waals surface area contributed by atoms with Crippen LogP contribution in [0.1, 0.15) is 40.1 Å². The molecular weight excluding hydrogens is 346 g/mol. The van der Waals surface area contributed by atoms with Crippen molar-refractivity contribution in [2.24, 2.45) is 0 Å². The summed E-state index contributed by atoms with van der Waals surface area (Å²) in [5.74, 6) is 0.997. The molecule has 144 valence electrons. The molecule has 0 radical (unpaired) electrons. The van der Waals surface area contributed by atoms with E-state index in [1.165, 1.54) is 4.90 Å². The zero-order valence-electron chi connectivity index (χ0n) is 15.7. The monoisotopic (exact) mass is 371 g/mol. The Balaban J connectivity index is 1.72. The summed E-state index contributed by atoms with van der Waals surface area (Å²) < 4.78 is 10.5. The lowest BCUT2D eigenvalue weighted by Gasteiger charge is -2.30. The van der Waals surface area contributed by atoms with E-state index in [2.05, 4.69) is 0 Å². The average molecular weight is 371 g/mol. The van der Waals surface area contributed by atoms with Crippen molar-refractivity contribution in [3.8, 4) is 5.75 Å². The van der Waals surface area contributed by atoms with Crippen molar-refractivity contribution < 1.29 is 19.1 Å². The number of aliphatic hydroxyl groups excluding tert-OH is 1. The number of carbonyl (C=O) groups excluding carboxylic acids is 1. The maximum atomic E-state index is 12.7. The molecule has 1 amide bonds. The first-order valence-corrected chi connectivity index (χ1v) is 9.22. The van der Waals surface area contributed by atoms with Crippen LogP contribution in [0.3, 0.4) is 0 Å². The van der Waals surface area contributed by atoms with Gasteiger partial charge >= 0.3 is 5.63 Å². The van der Waals surface area contributed by atoms with Crippen molar-refractivity contribution in [1.29, 1.82) is 0 Å². The molecule has 0 spiro atoms. The van der Waals surface area contributed by atoms with Gasteiger partial charge in [-0.25, -0.2) is 4.79 Å². The van der Waals surface area contributed by atoms with Crippen molar-refractivity contribution in [2.45, 2.75) is 38.7 Å². The molecule has 1 N–H and O–H groups in total. The third-order valence-electron chi connectivity index (χ3n) is 4.92. The molecule has 0 aliphatic carbocycles. The van der Waals surface area contributed by atoms with E-state index in [1.54, 1.807) is 20.1 Å². The number of likely N-dealkylation sites (tertiary alicyclic amines) is 1. The summed E-state index contributed by atoms with van der Waals surface area (Å²) in [6, 6.07) is 9.50. The lowest BCUT2D eigenvalue weighted by molar-refractivity contribution is 0.0469. The van der Waals surface area contributed by atoms with E-state index in [0.717, 1.165) is 24.2 Å². The SMILES string of the molecule is COc1ccc(CCc2cc(C)c(C(=O)N3CCCC(O)C3)c(=O)o2)cc1. The van der Waals surface area contributed by atoms with Crippen LogP contribution in [0.25, 0.3) is 0 Å². The van der Waals surface area contributed by atoms with E-state index in [1.807, 2.05) is 24.3 Å². The van der Waals surface area contributed by atoms with Gasteiger partial charge in [-0.05, 0) is 55.5 Å². The van der Waals surface area contributed by atoms with Crippen LogP contribution in [-0.2, 0) is 12.8 Å². The van der Waals surface area contributed by atoms with Crippen molar-refractivity contribution in [2.75, 3.05) is 20.2 Å². The fourth-order valence-corrected chi connectivity index (χ4v) is 3.41. The number of benzene rings is 1. The minimum atomic E-state index is -0.607. The number of β-amino-alcohol motifs (C(OH)–C–C–N with tert-alkyl or cyclic N) is 1. The van der Waals surface area contributed by atoms with Crippen molar-refractivity contribution in [1.82, 2.24) is 4.90 Å². The van der Waals surface area contributed by atoms with E-state index < -0.39 is 11.7 Å². The molecule has 1 aliphatic heterocycles. The van der Waals surface area contributed by atoms with E-state index in [9.17, 15) is 14.7 Å². The molecule has 0 bridgehead atoms. The predicted molar refractivity (Wildman–Crippen MR) is 101 cm³/mol. The first kappa shape index (κ1) is 19.2. The zero-order chi connectivity index (χ0) is 19.4. The summed E-state index contributed by atoms with van der Waals surface area (Å²) in [6.45, 7) is 2.56. The molecule has 1 aliphatic rings. The third-order valence-corrected chi connectivity index (χ3v) is 4.92. The predicted octanol–water partition coefficient (Wildman–Crippen LogP) is 2.34. The Morgan fingerprint density at radius 2 is 2.04 bits per heavy atom. The molecule has 1 unspecified atom stereocenters. The number of piperidine rings is 1. The number of nitrogens with zero attached hydrogens (tertiary/aromatic N) is 1. The molecule has 3 rings (SSSR count). The molecule has 27 heavy (non-hydrogen) atoms. The van der Waals surface area contributed by atoms with Gasteiger partial charge in [0.05, 0.1) is 13.2 Å². The van der Waals surface area contributed by atoms with Crippen LogP contribution in [-0.4, -0.2) is 42.2 Å². The number of amides is 1. The van der Waals surface area contributed by atoms with Gasteiger partial charge in [0.1, 0.15) is 17.1 Å². The van der Waals surface area contributed by atoms with Gasteiger partial charge in [-0.15, -0.1) is 0 Å². The van der Waals surface area contributed by atoms with Crippen LogP contribution in [0, 0.1) is 6.92 Å². The topological polar surface area (TPSA) is 80.0 Å². The number of aliphatic hydroxyl groups is 1. The van der Waals surface area contributed by atoms with Gasteiger partial charge in [0, 0.05) is 19.5 Å². The Kier molecular flexibility index (Phi) is 5.96. The first-order valence-electron chi connectivity index (χ1n) is 9.22. The molecule has 2 aromatic rings. The summed E-state index contributed by atoms with van der Waals surface area (Å²) in [7, 11) is 1.62. The number of methoxy groups -OCH3 is 1. The zero-order valence-corrected chi connectivity index (χ0v) is 15.7. The Bertz CT molecular complexity index is 856. The molecule has 6 heteroatoms. The van der Waals surface area contributed by atoms with Crippen LogP contribution in [0.2, 0.25) is 0 Å². The van der Waals surface area contributed by atoms with Crippen molar-refractivity contribution >= 4 is 5.91 Å². The van der Waals surface area contributed by atoms with Crippen LogP contribution in [0.15, 0.2) is 39.5 Å². The molecular formula is C21H25NO5. The summed E-state index contributed by atoms with van der Waals surface area (Å²) in [6.07, 6.45) is 2.18. The minimum Gasteiger partial charge on any atom is -0.497 e. The van der Waals surface area contributed by atoms with Crippen LogP contribution < -0.4 is 10.4 Å². The number of hydrogen-bond acceptors (Lipinski definition) is 5. The number of carbonyl (C=O) groups is 1. The second-order valence-corrected chi connectivity index (χ2v) is 6.95. The quantitative estimate of drug-likeness (QED) is 0.873. The van der Waals surface area contributed by atoms with Gasteiger partial charge < -0.3 is 19.2 Å². The highest BCUT2D eigenvalue weighted by Crippen LogP contribution is 2.17. The Morgan fingerprint density at radius 3 is 2.67 bits per heavy atom. The Hall–Kier alpha value is -2.60. The Labute approximate surface area is 158 Å². The Morgan fingerprint density at radius 1 is 1.30 bits per heavy atom. The summed E-state index contributed by atoms with van der Waals surface area (Å²) in [5, 5.41) is 9.77. The normalized spacial score (nSPS) is 17.0. The van der Waals surface area contributed by atoms with Gasteiger partial charge in [0.2, 0.25) is 0 Å². The van der Waals surface area contributed by atoms with Gasteiger partial charge in [0.25, 0.3) is 5.91 Å². The maximum absolute atomic E-state index is 12.7. The van der Waals surface area contributed by atoms with Gasteiger partial charge in [-0.3, -0.25) is 4.79 Å². The standard InChI is InChI=1S/C21H25NO5/c1-14-12-18(10-7-15-5-8-17(26-2)9-6-15)27-21(25)19(14)20(24)22-11-3-4-16(23)13-22/h5-6,8-9,12,16,23H,3-4,7,10-11,13H2,1-2H3. The van der Waals surface area contributed by atoms with E-state index in [4.69, 9.17) is 9.15 Å². The number of rotatable bonds is 5. The maximum Gasteiger partial charge on any atom is 0.349 e. The van der Waals surface area contributed by atoms with Crippen molar-refractivity contribution in [3.63, 3.8) is 0 Å². The molecule has 1 atom stereocenters. The average Bonchev–Trinajstić information content (AvgIpc) is 2.66. The van der Waals surface area contributed by atoms with E-state index in [0.29, 0.717) is 30.7 Å². The molecule has 6 nitrogen and oxygen atoms in total. The molecule has 1 fully saturated rings. The van der Waals surface area contributed by atoms with E-state index in [-0.39, 0.29) is 18.0 Å². The van der Waals surface area contributed by atoms with Crippen molar-refractivity contribution in [3.05, 3.63) is 63.2 Å². The lowest BCUT2D eigenvalue weighted by Crippen LogP contribution is -2.43. The highest BCUT2D eigenvalue weighted by Gasteiger charge is 2.27.